The second kappa shape index (κ2) is 7.57. The van der Waals surface area contributed by atoms with Gasteiger partial charge in [0.1, 0.15) is 4.88 Å². The zero-order valence-corrected chi connectivity index (χ0v) is 15.4. The standard InChI is InChI=1S/C18H21N5OS/c1-4-16-17(25-22-20-16)18(24)19-10-15-12(2)21-23(13(15)3)11-14-8-6-5-7-9-14/h5-9H,4,10-11H2,1-3H3,(H,19,24). The van der Waals surface area contributed by atoms with Gasteiger partial charge in [-0.15, -0.1) is 5.10 Å². The van der Waals surface area contributed by atoms with Gasteiger partial charge in [-0.2, -0.15) is 5.10 Å². The van der Waals surface area contributed by atoms with Gasteiger partial charge in [-0.3, -0.25) is 9.48 Å². The van der Waals surface area contributed by atoms with Crippen molar-refractivity contribution in [3.8, 4) is 0 Å². The summed E-state index contributed by atoms with van der Waals surface area (Å²) >= 11 is 1.14. The number of carbonyl (C=O) groups excluding carboxylic acids is 1. The van der Waals surface area contributed by atoms with Crippen LogP contribution in [0, 0.1) is 13.8 Å². The van der Waals surface area contributed by atoms with Gasteiger partial charge in [-0.1, -0.05) is 41.7 Å². The van der Waals surface area contributed by atoms with E-state index in [9.17, 15) is 4.79 Å². The number of rotatable bonds is 6. The molecule has 7 heteroatoms. The van der Waals surface area contributed by atoms with Gasteiger partial charge in [-0.25, -0.2) is 0 Å². The van der Waals surface area contributed by atoms with E-state index >= 15 is 0 Å². The molecule has 1 aromatic carbocycles. The molecule has 1 N–H and O–H groups in total. The minimum absolute atomic E-state index is 0.124. The highest BCUT2D eigenvalue weighted by atomic mass is 32.1. The Morgan fingerprint density at radius 3 is 2.72 bits per heavy atom. The molecule has 1 amide bonds. The van der Waals surface area contributed by atoms with Gasteiger partial charge < -0.3 is 5.32 Å². The van der Waals surface area contributed by atoms with Crippen molar-refractivity contribution in [1.82, 2.24) is 24.7 Å². The van der Waals surface area contributed by atoms with Crippen molar-refractivity contribution in [1.29, 1.82) is 0 Å². The number of nitrogens with one attached hydrogen (secondary N) is 1. The van der Waals surface area contributed by atoms with E-state index in [0.717, 1.165) is 40.7 Å². The first-order valence-corrected chi connectivity index (χ1v) is 9.03. The summed E-state index contributed by atoms with van der Waals surface area (Å²) in [6.07, 6.45) is 0.701. The lowest BCUT2D eigenvalue weighted by molar-refractivity contribution is 0.0954. The molecule has 0 atom stereocenters. The fraction of sp³-hybridized carbons (Fsp3) is 0.333. The average Bonchev–Trinajstić information content (AvgIpc) is 3.19. The first-order valence-electron chi connectivity index (χ1n) is 8.26. The van der Waals surface area contributed by atoms with Crippen LogP contribution < -0.4 is 5.32 Å². The highest BCUT2D eigenvalue weighted by molar-refractivity contribution is 7.08. The molecule has 0 spiro atoms. The van der Waals surface area contributed by atoms with Crippen molar-refractivity contribution in [2.75, 3.05) is 0 Å². The zero-order chi connectivity index (χ0) is 17.8. The fourth-order valence-electron chi connectivity index (χ4n) is 2.76. The van der Waals surface area contributed by atoms with E-state index in [1.54, 1.807) is 0 Å². The van der Waals surface area contributed by atoms with Crippen LogP contribution in [0.3, 0.4) is 0 Å². The van der Waals surface area contributed by atoms with E-state index < -0.39 is 0 Å². The number of hydrogen-bond donors (Lipinski definition) is 1. The van der Waals surface area contributed by atoms with Crippen LogP contribution in [0.15, 0.2) is 30.3 Å². The number of amides is 1. The minimum atomic E-state index is -0.124. The summed E-state index contributed by atoms with van der Waals surface area (Å²) in [5.41, 5.74) is 5.01. The summed E-state index contributed by atoms with van der Waals surface area (Å²) < 4.78 is 5.85. The number of carbonyl (C=O) groups is 1. The molecule has 6 nitrogen and oxygen atoms in total. The normalized spacial score (nSPS) is 10.8. The van der Waals surface area contributed by atoms with E-state index in [4.69, 9.17) is 0 Å². The molecule has 0 unspecified atom stereocenters. The molecule has 0 aliphatic carbocycles. The third-order valence-electron chi connectivity index (χ3n) is 4.23. The maximum absolute atomic E-state index is 12.4. The lowest BCUT2D eigenvalue weighted by atomic mass is 10.2. The number of benzene rings is 1. The van der Waals surface area contributed by atoms with Crippen LogP contribution in [-0.2, 0) is 19.5 Å². The van der Waals surface area contributed by atoms with Crippen LogP contribution in [0.5, 0.6) is 0 Å². The first kappa shape index (κ1) is 17.3. The largest absolute Gasteiger partial charge is 0.347 e. The highest BCUT2D eigenvalue weighted by Gasteiger charge is 2.17. The number of aryl methyl sites for hydroxylation is 2. The van der Waals surface area contributed by atoms with Crippen LogP contribution in [0.1, 0.15) is 44.8 Å². The Morgan fingerprint density at radius 1 is 1.24 bits per heavy atom. The van der Waals surface area contributed by atoms with Crippen LogP contribution >= 0.6 is 11.5 Å². The van der Waals surface area contributed by atoms with Gasteiger partial charge in [-0.05, 0) is 37.4 Å². The predicted molar refractivity (Wildman–Crippen MR) is 97.7 cm³/mol. The van der Waals surface area contributed by atoms with Crippen LogP contribution in [0.4, 0.5) is 0 Å². The molecule has 0 saturated heterocycles. The molecule has 3 rings (SSSR count). The molecule has 0 radical (unpaired) electrons. The monoisotopic (exact) mass is 355 g/mol. The summed E-state index contributed by atoms with van der Waals surface area (Å²) in [7, 11) is 0. The third-order valence-corrected chi connectivity index (χ3v) is 5.00. The third kappa shape index (κ3) is 3.76. The van der Waals surface area contributed by atoms with E-state index in [0.29, 0.717) is 17.8 Å². The second-order valence-corrected chi connectivity index (χ2v) is 6.63. The number of hydrogen-bond acceptors (Lipinski definition) is 5. The molecule has 130 valence electrons. The second-order valence-electron chi connectivity index (χ2n) is 5.88. The van der Waals surface area contributed by atoms with Crippen molar-refractivity contribution in [2.45, 2.75) is 40.3 Å². The van der Waals surface area contributed by atoms with E-state index in [2.05, 4.69) is 32.1 Å². The molecular formula is C18H21N5OS. The van der Waals surface area contributed by atoms with Crippen molar-refractivity contribution >= 4 is 17.4 Å². The maximum atomic E-state index is 12.4. The lowest BCUT2D eigenvalue weighted by Crippen LogP contribution is -2.23. The molecule has 0 bridgehead atoms. The lowest BCUT2D eigenvalue weighted by Gasteiger charge is -2.07. The molecule has 0 aliphatic rings. The van der Waals surface area contributed by atoms with Gasteiger partial charge in [0.15, 0.2) is 0 Å². The smallest absolute Gasteiger partial charge is 0.265 e. The van der Waals surface area contributed by atoms with Crippen LogP contribution in [-0.4, -0.2) is 25.3 Å². The summed E-state index contributed by atoms with van der Waals surface area (Å²) in [4.78, 5) is 13.0. The quantitative estimate of drug-likeness (QED) is 0.738. The Balaban J connectivity index is 1.72. The maximum Gasteiger partial charge on any atom is 0.265 e. The molecule has 2 aromatic heterocycles. The summed E-state index contributed by atoms with van der Waals surface area (Å²) in [6, 6.07) is 10.2. The Hall–Kier alpha value is -2.54. The van der Waals surface area contributed by atoms with Crippen LogP contribution in [0.25, 0.3) is 0 Å². The van der Waals surface area contributed by atoms with E-state index in [1.165, 1.54) is 5.56 Å². The Bertz CT molecular complexity index is 869. The molecule has 3 aromatic rings. The van der Waals surface area contributed by atoms with Gasteiger partial charge in [0.05, 0.1) is 17.9 Å². The summed E-state index contributed by atoms with van der Waals surface area (Å²) in [5, 5.41) is 11.6. The molecular weight excluding hydrogens is 334 g/mol. The Kier molecular flexibility index (Phi) is 5.23. The van der Waals surface area contributed by atoms with Crippen molar-refractivity contribution < 1.29 is 4.79 Å². The summed E-state index contributed by atoms with van der Waals surface area (Å²) in [5.74, 6) is -0.124. The van der Waals surface area contributed by atoms with E-state index in [1.807, 2.05) is 43.7 Å². The summed E-state index contributed by atoms with van der Waals surface area (Å²) in [6.45, 7) is 7.15. The van der Waals surface area contributed by atoms with Gasteiger partial charge in [0.2, 0.25) is 0 Å². The Labute approximate surface area is 151 Å². The van der Waals surface area contributed by atoms with Crippen LogP contribution in [0.2, 0.25) is 0 Å². The highest BCUT2D eigenvalue weighted by Crippen LogP contribution is 2.16. The predicted octanol–water partition coefficient (Wildman–Crippen LogP) is 2.89. The van der Waals surface area contributed by atoms with Crippen molar-refractivity contribution in [2.24, 2.45) is 0 Å². The van der Waals surface area contributed by atoms with E-state index in [-0.39, 0.29) is 5.91 Å². The number of aromatic nitrogens is 4. The average molecular weight is 355 g/mol. The zero-order valence-electron chi connectivity index (χ0n) is 14.6. The molecule has 2 heterocycles. The first-order chi connectivity index (χ1) is 12.1. The minimum Gasteiger partial charge on any atom is -0.347 e. The molecule has 0 aliphatic heterocycles. The Morgan fingerprint density at radius 2 is 2.00 bits per heavy atom. The topological polar surface area (TPSA) is 72.7 Å². The molecule has 0 saturated carbocycles. The number of nitrogens with zero attached hydrogens (tertiary/aromatic N) is 4. The van der Waals surface area contributed by atoms with Gasteiger partial charge >= 0.3 is 0 Å². The van der Waals surface area contributed by atoms with Crippen molar-refractivity contribution in [3.05, 3.63) is 63.4 Å². The van der Waals surface area contributed by atoms with Gasteiger partial charge in [0.25, 0.3) is 5.91 Å². The molecule has 0 fully saturated rings. The van der Waals surface area contributed by atoms with Crippen molar-refractivity contribution in [3.63, 3.8) is 0 Å². The molecule has 25 heavy (non-hydrogen) atoms. The SMILES string of the molecule is CCc1nnsc1C(=O)NCc1c(C)nn(Cc2ccccc2)c1C. The van der Waals surface area contributed by atoms with Gasteiger partial charge in [0, 0.05) is 17.8 Å². The fourth-order valence-corrected chi connectivity index (χ4v) is 3.43.